The highest BCUT2D eigenvalue weighted by molar-refractivity contribution is 6.31. The monoisotopic (exact) mass is 322 g/mol. The van der Waals surface area contributed by atoms with Gasteiger partial charge in [-0.3, -0.25) is 9.78 Å². The number of benzene rings is 2. The Morgan fingerprint density at radius 3 is 2.52 bits per heavy atom. The number of pyridine rings is 1. The second-order valence-corrected chi connectivity index (χ2v) is 5.53. The van der Waals surface area contributed by atoms with E-state index in [-0.39, 0.29) is 5.91 Å². The Bertz CT molecular complexity index is 791. The summed E-state index contributed by atoms with van der Waals surface area (Å²) in [5, 5.41) is 0.597. The van der Waals surface area contributed by atoms with Gasteiger partial charge in [0.15, 0.2) is 0 Å². The van der Waals surface area contributed by atoms with Gasteiger partial charge in [-0.15, -0.1) is 0 Å². The van der Waals surface area contributed by atoms with Crippen LogP contribution in [-0.2, 0) is 6.54 Å². The van der Waals surface area contributed by atoms with Crippen LogP contribution in [0.1, 0.15) is 15.9 Å². The zero-order valence-corrected chi connectivity index (χ0v) is 13.1. The van der Waals surface area contributed by atoms with E-state index in [1.165, 1.54) is 0 Å². The summed E-state index contributed by atoms with van der Waals surface area (Å²) in [7, 11) is 0. The zero-order valence-electron chi connectivity index (χ0n) is 12.4. The Labute approximate surface area is 140 Å². The van der Waals surface area contributed by atoms with Gasteiger partial charge in [0.25, 0.3) is 5.91 Å². The van der Waals surface area contributed by atoms with Crippen LogP contribution in [0.15, 0.2) is 79.1 Å². The van der Waals surface area contributed by atoms with Gasteiger partial charge in [-0.1, -0.05) is 41.9 Å². The lowest BCUT2D eigenvalue weighted by atomic mass is 10.1. The maximum Gasteiger partial charge on any atom is 0.258 e. The number of hydrogen-bond donors (Lipinski definition) is 0. The summed E-state index contributed by atoms with van der Waals surface area (Å²) in [5.41, 5.74) is 2.35. The minimum Gasteiger partial charge on any atom is -0.304 e. The van der Waals surface area contributed by atoms with Gasteiger partial charge in [-0.05, 0) is 42.0 Å². The van der Waals surface area contributed by atoms with Crippen LogP contribution in [0.5, 0.6) is 0 Å². The van der Waals surface area contributed by atoms with Crippen molar-refractivity contribution >= 4 is 23.2 Å². The quantitative estimate of drug-likeness (QED) is 0.704. The number of aromatic nitrogens is 1. The molecule has 0 fully saturated rings. The number of carbonyl (C=O) groups is 1. The molecule has 1 amide bonds. The van der Waals surface area contributed by atoms with E-state index >= 15 is 0 Å². The van der Waals surface area contributed by atoms with Gasteiger partial charge in [-0.25, -0.2) is 0 Å². The van der Waals surface area contributed by atoms with E-state index in [0.29, 0.717) is 17.1 Å². The van der Waals surface area contributed by atoms with Gasteiger partial charge >= 0.3 is 0 Å². The molecular formula is C19H15ClN2O. The smallest absolute Gasteiger partial charge is 0.258 e. The third kappa shape index (κ3) is 3.76. The van der Waals surface area contributed by atoms with E-state index in [9.17, 15) is 4.79 Å². The molecule has 0 spiro atoms. The van der Waals surface area contributed by atoms with Crippen molar-refractivity contribution in [2.24, 2.45) is 0 Å². The average Bonchev–Trinajstić information content (AvgIpc) is 2.61. The van der Waals surface area contributed by atoms with E-state index < -0.39 is 0 Å². The first-order valence-corrected chi connectivity index (χ1v) is 7.63. The fraction of sp³-hybridized carbons (Fsp3) is 0.0526. The SMILES string of the molecule is O=C(c1ccccc1)N(Cc1cccnc1)c1cccc(Cl)c1. The molecule has 3 nitrogen and oxygen atoms in total. The summed E-state index contributed by atoms with van der Waals surface area (Å²) >= 11 is 6.09. The number of amides is 1. The Hall–Kier alpha value is -2.65. The minimum atomic E-state index is -0.0725. The molecule has 0 unspecified atom stereocenters. The van der Waals surface area contributed by atoms with E-state index in [4.69, 9.17) is 11.6 Å². The van der Waals surface area contributed by atoms with Crippen molar-refractivity contribution < 1.29 is 4.79 Å². The van der Waals surface area contributed by atoms with Crippen LogP contribution < -0.4 is 4.90 Å². The fourth-order valence-electron chi connectivity index (χ4n) is 2.34. The van der Waals surface area contributed by atoms with Gasteiger partial charge < -0.3 is 4.90 Å². The number of hydrogen-bond acceptors (Lipinski definition) is 2. The Balaban J connectivity index is 1.98. The first-order valence-electron chi connectivity index (χ1n) is 7.25. The molecule has 0 N–H and O–H groups in total. The first kappa shape index (κ1) is 15.3. The molecule has 0 atom stereocenters. The van der Waals surface area contributed by atoms with Crippen LogP contribution in [-0.4, -0.2) is 10.9 Å². The number of carbonyl (C=O) groups excluding carboxylic acids is 1. The number of halogens is 1. The zero-order chi connectivity index (χ0) is 16.1. The second-order valence-electron chi connectivity index (χ2n) is 5.10. The molecule has 0 aliphatic carbocycles. The Kier molecular flexibility index (Phi) is 4.69. The van der Waals surface area contributed by atoms with Crippen molar-refractivity contribution in [1.82, 2.24) is 4.98 Å². The van der Waals surface area contributed by atoms with Crippen LogP contribution >= 0.6 is 11.6 Å². The maximum atomic E-state index is 12.9. The van der Waals surface area contributed by atoms with Crippen molar-refractivity contribution in [3.05, 3.63) is 95.3 Å². The Morgan fingerprint density at radius 1 is 1.00 bits per heavy atom. The van der Waals surface area contributed by atoms with Crippen LogP contribution in [0.3, 0.4) is 0 Å². The molecule has 0 radical (unpaired) electrons. The van der Waals surface area contributed by atoms with Gasteiger partial charge in [-0.2, -0.15) is 0 Å². The lowest BCUT2D eigenvalue weighted by Crippen LogP contribution is -2.30. The van der Waals surface area contributed by atoms with E-state index in [2.05, 4.69) is 4.98 Å². The van der Waals surface area contributed by atoms with Crippen LogP contribution in [0, 0.1) is 0 Å². The van der Waals surface area contributed by atoms with Gasteiger partial charge in [0.2, 0.25) is 0 Å². The second kappa shape index (κ2) is 7.07. The summed E-state index contributed by atoms with van der Waals surface area (Å²) in [6, 6.07) is 20.3. The predicted molar refractivity (Wildman–Crippen MR) is 92.6 cm³/mol. The molecule has 1 heterocycles. The molecule has 4 heteroatoms. The van der Waals surface area contributed by atoms with Crippen molar-refractivity contribution in [3.8, 4) is 0 Å². The number of rotatable bonds is 4. The molecule has 1 aromatic heterocycles. The molecular weight excluding hydrogens is 308 g/mol. The third-order valence-electron chi connectivity index (χ3n) is 3.45. The van der Waals surface area contributed by atoms with Gasteiger partial charge in [0, 0.05) is 28.7 Å². The van der Waals surface area contributed by atoms with E-state index in [0.717, 1.165) is 11.3 Å². The largest absolute Gasteiger partial charge is 0.304 e. The molecule has 3 rings (SSSR count). The van der Waals surface area contributed by atoms with E-state index in [1.807, 2.05) is 54.6 Å². The predicted octanol–water partition coefficient (Wildman–Crippen LogP) is 4.58. The highest BCUT2D eigenvalue weighted by atomic mass is 35.5. The molecule has 0 aliphatic rings. The van der Waals surface area contributed by atoms with Crippen LogP contribution in [0.25, 0.3) is 0 Å². The normalized spacial score (nSPS) is 10.3. The molecule has 3 aromatic rings. The van der Waals surface area contributed by atoms with Crippen LogP contribution in [0.4, 0.5) is 5.69 Å². The molecule has 0 saturated heterocycles. The van der Waals surface area contributed by atoms with Gasteiger partial charge in [0.1, 0.15) is 0 Å². The number of anilines is 1. The summed E-state index contributed by atoms with van der Waals surface area (Å²) in [5.74, 6) is -0.0725. The molecule has 0 bridgehead atoms. The Morgan fingerprint density at radius 2 is 1.83 bits per heavy atom. The molecule has 23 heavy (non-hydrogen) atoms. The van der Waals surface area contributed by atoms with Gasteiger partial charge in [0.05, 0.1) is 6.54 Å². The highest BCUT2D eigenvalue weighted by Crippen LogP contribution is 2.23. The topological polar surface area (TPSA) is 33.2 Å². The van der Waals surface area contributed by atoms with Crippen molar-refractivity contribution in [3.63, 3.8) is 0 Å². The summed E-state index contributed by atoms with van der Waals surface area (Å²) in [4.78, 5) is 18.7. The van der Waals surface area contributed by atoms with Crippen molar-refractivity contribution in [2.75, 3.05) is 4.90 Å². The lowest BCUT2D eigenvalue weighted by Gasteiger charge is -2.23. The van der Waals surface area contributed by atoms with Crippen LogP contribution in [0.2, 0.25) is 5.02 Å². The third-order valence-corrected chi connectivity index (χ3v) is 3.68. The molecule has 0 saturated carbocycles. The van der Waals surface area contributed by atoms with E-state index in [1.54, 1.807) is 29.4 Å². The maximum absolute atomic E-state index is 12.9. The summed E-state index contributed by atoms with van der Waals surface area (Å²) in [6.07, 6.45) is 3.47. The molecule has 0 aliphatic heterocycles. The fourth-order valence-corrected chi connectivity index (χ4v) is 2.52. The lowest BCUT2D eigenvalue weighted by molar-refractivity contribution is 0.0985. The summed E-state index contributed by atoms with van der Waals surface area (Å²) < 4.78 is 0. The number of nitrogens with zero attached hydrogens (tertiary/aromatic N) is 2. The average molecular weight is 323 g/mol. The van der Waals surface area contributed by atoms with Crippen molar-refractivity contribution in [2.45, 2.75) is 6.54 Å². The standard InChI is InChI=1S/C19H15ClN2O/c20-17-9-4-10-18(12-17)22(14-15-6-5-11-21-13-15)19(23)16-7-2-1-3-8-16/h1-13H,14H2. The summed E-state index contributed by atoms with van der Waals surface area (Å²) in [6.45, 7) is 0.432. The first-order chi connectivity index (χ1) is 11.2. The molecule has 114 valence electrons. The van der Waals surface area contributed by atoms with Crippen molar-refractivity contribution in [1.29, 1.82) is 0 Å². The molecule has 2 aromatic carbocycles. The minimum absolute atomic E-state index is 0.0725. The highest BCUT2D eigenvalue weighted by Gasteiger charge is 2.18.